The van der Waals surface area contributed by atoms with E-state index in [-0.39, 0.29) is 12.1 Å². The molecule has 0 spiro atoms. The number of benzene rings is 1. The molecule has 0 aliphatic carbocycles. The minimum absolute atomic E-state index is 0.0487. The first-order chi connectivity index (χ1) is 7.95. The molecule has 0 radical (unpaired) electrons. The number of amides is 1. The molecule has 17 heavy (non-hydrogen) atoms. The van der Waals surface area contributed by atoms with Gasteiger partial charge >= 0.3 is 5.97 Å². The number of nitrogens with zero attached hydrogens (tertiary/aromatic N) is 1. The molecule has 0 bridgehead atoms. The van der Waals surface area contributed by atoms with Gasteiger partial charge in [-0.3, -0.25) is 4.79 Å². The zero-order chi connectivity index (χ0) is 13.0. The Morgan fingerprint density at radius 3 is 2.47 bits per heavy atom. The Kier molecular flexibility index (Phi) is 3.92. The lowest BCUT2D eigenvalue weighted by atomic mass is 10.1. The summed E-state index contributed by atoms with van der Waals surface area (Å²) in [4.78, 5) is 23.3. The van der Waals surface area contributed by atoms with Gasteiger partial charge < -0.3 is 21.5 Å². The molecule has 6 heteroatoms. The maximum absolute atomic E-state index is 10.9. The first-order valence-corrected chi connectivity index (χ1v) is 5.11. The average Bonchev–Trinajstić information content (AvgIpc) is 2.25. The number of primary amides is 1. The Hall–Kier alpha value is -2.24. The van der Waals surface area contributed by atoms with Gasteiger partial charge in [0.1, 0.15) is 0 Å². The summed E-state index contributed by atoms with van der Waals surface area (Å²) in [6, 6.07) is 4.38. The molecular weight excluding hydrogens is 222 g/mol. The zero-order valence-corrected chi connectivity index (χ0v) is 9.51. The Balaban J connectivity index is 3.04. The van der Waals surface area contributed by atoms with E-state index in [1.54, 1.807) is 11.0 Å². The van der Waals surface area contributed by atoms with Crippen LogP contribution >= 0.6 is 0 Å². The Morgan fingerprint density at radius 2 is 2.06 bits per heavy atom. The number of rotatable bonds is 5. The fourth-order valence-electron chi connectivity index (χ4n) is 1.53. The first kappa shape index (κ1) is 12.8. The van der Waals surface area contributed by atoms with Crippen molar-refractivity contribution in [1.29, 1.82) is 0 Å². The molecule has 0 saturated heterocycles. The fraction of sp³-hybridized carbons (Fsp3) is 0.273. The number of carbonyl (C=O) groups excluding carboxylic acids is 1. The van der Waals surface area contributed by atoms with E-state index in [1.807, 2.05) is 6.92 Å². The lowest BCUT2D eigenvalue weighted by molar-refractivity contribution is -0.116. The number of carboxylic acids is 1. The highest BCUT2D eigenvalue weighted by Gasteiger charge is 2.12. The number of nitrogen functional groups attached to an aromatic ring is 1. The lowest BCUT2D eigenvalue weighted by Gasteiger charge is -2.23. The van der Waals surface area contributed by atoms with Crippen molar-refractivity contribution in [2.45, 2.75) is 6.92 Å². The van der Waals surface area contributed by atoms with Crippen LogP contribution in [-0.4, -0.2) is 30.1 Å². The second-order valence-corrected chi connectivity index (χ2v) is 3.56. The van der Waals surface area contributed by atoms with E-state index < -0.39 is 11.9 Å². The molecule has 92 valence electrons. The van der Waals surface area contributed by atoms with Gasteiger partial charge in [0.05, 0.1) is 23.5 Å². The summed E-state index contributed by atoms with van der Waals surface area (Å²) in [6.45, 7) is 2.46. The molecule has 0 atom stereocenters. The number of carboxylic acid groups (broad SMARTS) is 1. The van der Waals surface area contributed by atoms with Crippen molar-refractivity contribution in [3.05, 3.63) is 23.8 Å². The molecule has 5 N–H and O–H groups in total. The van der Waals surface area contributed by atoms with Gasteiger partial charge in [-0.1, -0.05) is 0 Å². The number of hydrogen-bond donors (Lipinski definition) is 3. The van der Waals surface area contributed by atoms with E-state index in [9.17, 15) is 9.59 Å². The molecular formula is C11H15N3O3. The van der Waals surface area contributed by atoms with Crippen molar-refractivity contribution >= 4 is 23.3 Å². The number of carbonyl (C=O) groups is 2. The van der Waals surface area contributed by atoms with Gasteiger partial charge in [-0.2, -0.15) is 0 Å². The van der Waals surface area contributed by atoms with Crippen LogP contribution in [-0.2, 0) is 4.79 Å². The van der Waals surface area contributed by atoms with Crippen LogP contribution in [0.3, 0.4) is 0 Å². The van der Waals surface area contributed by atoms with E-state index in [2.05, 4.69) is 0 Å². The molecule has 0 aliphatic heterocycles. The van der Waals surface area contributed by atoms with Crippen LogP contribution in [0, 0.1) is 0 Å². The maximum atomic E-state index is 10.9. The number of likely N-dealkylation sites (N-methyl/N-ethyl adjacent to an activating group) is 1. The third-order valence-electron chi connectivity index (χ3n) is 2.34. The molecule has 1 amide bonds. The lowest BCUT2D eigenvalue weighted by Crippen LogP contribution is -2.34. The molecule has 0 aromatic heterocycles. The zero-order valence-electron chi connectivity index (χ0n) is 9.51. The van der Waals surface area contributed by atoms with Crippen molar-refractivity contribution in [3.8, 4) is 0 Å². The SMILES string of the molecule is CCN(CC(N)=O)c1ccc(C(=O)O)cc1N. The van der Waals surface area contributed by atoms with E-state index in [1.165, 1.54) is 12.1 Å². The molecule has 6 nitrogen and oxygen atoms in total. The highest BCUT2D eigenvalue weighted by Crippen LogP contribution is 2.24. The third-order valence-corrected chi connectivity index (χ3v) is 2.34. The molecule has 1 rings (SSSR count). The van der Waals surface area contributed by atoms with Gasteiger partial charge in [0, 0.05) is 6.54 Å². The fourth-order valence-corrected chi connectivity index (χ4v) is 1.53. The van der Waals surface area contributed by atoms with Crippen molar-refractivity contribution in [2.24, 2.45) is 5.73 Å². The van der Waals surface area contributed by atoms with E-state index in [0.717, 1.165) is 0 Å². The smallest absolute Gasteiger partial charge is 0.335 e. The number of hydrogen-bond acceptors (Lipinski definition) is 4. The van der Waals surface area contributed by atoms with Crippen LogP contribution in [0.1, 0.15) is 17.3 Å². The highest BCUT2D eigenvalue weighted by atomic mass is 16.4. The molecule has 0 saturated carbocycles. The normalized spacial score (nSPS) is 9.94. The molecule has 0 fully saturated rings. The Labute approximate surface area is 98.8 Å². The van der Waals surface area contributed by atoms with Crippen LogP contribution in [0.5, 0.6) is 0 Å². The summed E-state index contributed by atoms with van der Waals surface area (Å²) in [5.41, 5.74) is 11.9. The van der Waals surface area contributed by atoms with Gasteiger partial charge in [0.2, 0.25) is 5.91 Å². The van der Waals surface area contributed by atoms with Crippen LogP contribution < -0.4 is 16.4 Å². The van der Waals surface area contributed by atoms with Crippen molar-refractivity contribution in [2.75, 3.05) is 23.7 Å². The predicted molar refractivity (Wildman–Crippen MR) is 64.9 cm³/mol. The van der Waals surface area contributed by atoms with Crippen LogP contribution in [0.2, 0.25) is 0 Å². The van der Waals surface area contributed by atoms with E-state index in [0.29, 0.717) is 17.9 Å². The Morgan fingerprint density at radius 1 is 1.41 bits per heavy atom. The van der Waals surface area contributed by atoms with Gasteiger partial charge in [0.25, 0.3) is 0 Å². The second-order valence-electron chi connectivity index (χ2n) is 3.56. The predicted octanol–water partition coefficient (Wildman–Crippen LogP) is 0.279. The molecule has 0 aliphatic rings. The minimum atomic E-state index is -1.04. The minimum Gasteiger partial charge on any atom is -0.478 e. The van der Waals surface area contributed by atoms with Crippen molar-refractivity contribution < 1.29 is 14.7 Å². The summed E-state index contributed by atoms with van der Waals surface area (Å²) in [7, 11) is 0. The second kappa shape index (κ2) is 5.20. The standard InChI is InChI=1S/C11H15N3O3/c1-2-14(6-10(13)15)9-4-3-7(11(16)17)5-8(9)12/h3-5H,2,6,12H2,1H3,(H2,13,15)(H,16,17). The van der Waals surface area contributed by atoms with Crippen LogP contribution in [0.4, 0.5) is 11.4 Å². The monoisotopic (exact) mass is 237 g/mol. The maximum Gasteiger partial charge on any atom is 0.335 e. The molecule has 0 unspecified atom stereocenters. The quantitative estimate of drug-likeness (QED) is 0.637. The van der Waals surface area contributed by atoms with E-state index >= 15 is 0 Å². The number of anilines is 2. The summed E-state index contributed by atoms with van der Waals surface area (Å²) in [6.07, 6.45) is 0. The van der Waals surface area contributed by atoms with Crippen LogP contribution in [0.15, 0.2) is 18.2 Å². The number of nitrogens with two attached hydrogens (primary N) is 2. The highest BCUT2D eigenvalue weighted by molar-refractivity contribution is 5.91. The molecule has 1 aromatic rings. The van der Waals surface area contributed by atoms with Gasteiger partial charge in [-0.25, -0.2) is 4.79 Å². The summed E-state index contributed by atoms with van der Waals surface area (Å²) < 4.78 is 0. The molecule has 1 aromatic carbocycles. The molecule has 0 heterocycles. The largest absolute Gasteiger partial charge is 0.478 e. The van der Waals surface area contributed by atoms with Gasteiger partial charge in [-0.05, 0) is 25.1 Å². The summed E-state index contributed by atoms with van der Waals surface area (Å²) >= 11 is 0. The van der Waals surface area contributed by atoms with Crippen molar-refractivity contribution in [1.82, 2.24) is 0 Å². The average molecular weight is 237 g/mol. The third kappa shape index (κ3) is 3.10. The van der Waals surface area contributed by atoms with E-state index in [4.69, 9.17) is 16.6 Å². The van der Waals surface area contributed by atoms with Gasteiger partial charge in [-0.15, -0.1) is 0 Å². The van der Waals surface area contributed by atoms with Crippen LogP contribution in [0.25, 0.3) is 0 Å². The number of aromatic carboxylic acids is 1. The Bertz CT molecular complexity index is 446. The van der Waals surface area contributed by atoms with Crippen molar-refractivity contribution in [3.63, 3.8) is 0 Å². The topological polar surface area (TPSA) is 110 Å². The summed E-state index contributed by atoms with van der Waals surface area (Å²) in [5.74, 6) is -1.50. The first-order valence-electron chi connectivity index (χ1n) is 5.11. The van der Waals surface area contributed by atoms with Gasteiger partial charge in [0.15, 0.2) is 0 Å². The summed E-state index contributed by atoms with van der Waals surface area (Å²) in [5, 5.41) is 8.80.